The Kier molecular flexibility index (Phi) is 19.0. The molecule has 4 heteroatoms. The highest BCUT2D eigenvalue weighted by Gasteiger charge is 2.22. The highest BCUT2D eigenvalue weighted by molar-refractivity contribution is 14.0. The predicted molar refractivity (Wildman–Crippen MR) is 186 cm³/mol. The first-order chi connectivity index (χ1) is 20.2. The van der Waals surface area contributed by atoms with Gasteiger partial charge in [-0.25, -0.2) is 4.57 Å². The van der Waals surface area contributed by atoms with Gasteiger partial charge >= 0.3 is 0 Å². The fourth-order valence-electron chi connectivity index (χ4n) is 5.62. The maximum atomic E-state index is 13.1. The monoisotopic (exact) mass is 682 g/mol. The largest absolute Gasteiger partial charge is 0.294 e. The molecule has 0 fully saturated rings. The summed E-state index contributed by atoms with van der Waals surface area (Å²) in [5.41, 5.74) is 2.46. The molecule has 228 valence electrons. The van der Waals surface area contributed by atoms with Gasteiger partial charge in [-0.15, -0.1) is 24.0 Å². The van der Waals surface area contributed by atoms with E-state index in [1.54, 1.807) is 0 Å². The molecule has 0 saturated heterocycles. The number of aromatic nitrogens is 1. The minimum absolute atomic E-state index is 0. The molecule has 0 saturated carbocycles. The fraction of sp³-hybridized carbons (Fsp3) is 0.500. The summed E-state index contributed by atoms with van der Waals surface area (Å²) in [6, 6.07) is 23.0. The van der Waals surface area contributed by atoms with Crippen molar-refractivity contribution < 1.29 is 14.2 Å². The number of hydrogen-bond donors (Lipinski definition) is 0. The van der Waals surface area contributed by atoms with Gasteiger partial charge in [0.05, 0.1) is 0 Å². The van der Waals surface area contributed by atoms with Crippen LogP contribution < -0.4 is 4.57 Å². The standard InChI is InChI=1S/C38H52NO2.HI/c1-2-3-4-5-6-7-8-9-10-11-12-13-14-21-28-39-29-26-33(27-30-39)36(31-37(40)34-22-17-15-18-23-34)32-38(41)35-24-19-16-20-25-35;/h15-20,22-27,29-30,36H,2-14,21,28,31-32H2,1H3;1H/q+1;. The lowest BCUT2D eigenvalue weighted by atomic mass is 9.86. The maximum Gasteiger partial charge on any atom is 0.169 e. The maximum absolute atomic E-state index is 13.1. The molecule has 42 heavy (non-hydrogen) atoms. The third-order valence-electron chi connectivity index (χ3n) is 8.21. The van der Waals surface area contributed by atoms with Crippen molar-refractivity contribution in [1.82, 2.24) is 0 Å². The Bertz CT molecular complexity index is 1060. The van der Waals surface area contributed by atoms with Gasteiger partial charge in [-0.3, -0.25) is 9.59 Å². The van der Waals surface area contributed by atoms with Crippen LogP contribution in [0.15, 0.2) is 85.2 Å². The second-order valence-electron chi connectivity index (χ2n) is 11.6. The molecule has 0 bridgehead atoms. The number of carbonyl (C=O) groups is 2. The van der Waals surface area contributed by atoms with Crippen LogP contribution in [0.1, 0.15) is 142 Å². The molecule has 0 N–H and O–H groups in total. The zero-order valence-corrected chi connectivity index (χ0v) is 28.2. The van der Waals surface area contributed by atoms with E-state index in [1.165, 1.54) is 89.9 Å². The lowest BCUT2D eigenvalue weighted by molar-refractivity contribution is -0.697. The van der Waals surface area contributed by atoms with Crippen molar-refractivity contribution in [2.75, 3.05) is 0 Å². The van der Waals surface area contributed by atoms with E-state index in [2.05, 4.69) is 36.0 Å². The van der Waals surface area contributed by atoms with Gasteiger partial charge in [0.25, 0.3) is 0 Å². The van der Waals surface area contributed by atoms with E-state index >= 15 is 0 Å². The summed E-state index contributed by atoms with van der Waals surface area (Å²) < 4.78 is 2.24. The first-order valence-electron chi connectivity index (χ1n) is 16.3. The van der Waals surface area contributed by atoms with Crippen molar-refractivity contribution in [1.29, 1.82) is 0 Å². The molecule has 0 atom stereocenters. The molecule has 3 nitrogen and oxygen atoms in total. The Labute approximate surface area is 272 Å². The second-order valence-corrected chi connectivity index (χ2v) is 11.6. The summed E-state index contributed by atoms with van der Waals surface area (Å²) in [5, 5.41) is 0. The molecular formula is C38H53INO2+. The van der Waals surface area contributed by atoms with Gasteiger partial charge in [0.1, 0.15) is 6.54 Å². The fourth-order valence-corrected chi connectivity index (χ4v) is 5.62. The number of pyridine rings is 1. The third kappa shape index (κ3) is 14.2. The smallest absolute Gasteiger partial charge is 0.169 e. The van der Waals surface area contributed by atoms with Gasteiger partial charge in [0, 0.05) is 42.5 Å². The molecule has 3 aromatic rings. The number of aryl methyl sites for hydroxylation is 1. The van der Waals surface area contributed by atoms with Gasteiger partial charge in [0.15, 0.2) is 24.0 Å². The summed E-state index contributed by atoms with van der Waals surface area (Å²) >= 11 is 0. The summed E-state index contributed by atoms with van der Waals surface area (Å²) in [6.07, 6.45) is 24.0. The average molecular weight is 683 g/mol. The van der Waals surface area contributed by atoms with Crippen molar-refractivity contribution in [3.63, 3.8) is 0 Å². The molecule has 0 unspecified atom stereocenters. The number of unbranched alkanes of at least 4 members (excludes halogenated alkanes) is 13. The van der Waals surface area contributed by atoms with Crippen LogP contribution in [0.5, 0.6) is 0 Å². The predicted octanol–water partition coefficient (Wildman–Crippen LogP) is 10.7. The molecule has 0 aliphatic rings. The third-order valence-corrected chi connectivity index (χ3v) is 8.21. The first kappa shape index (κ1) is 35.9. The highest BCUT2D eigenvalue weighted by Crippen LogP contribution is 2.27. The molecule has 0 amide bonds. The molecule has 3 rings (SSSR count). The molecule has 2 aromatic carbocycles. The lowest BCUT2D eigenvalue weighted by Gasteiger charge is -2.16. The number of halogens is 1. The molecule has 0 radical (unpaired) electrons. The number of benzene rings is 2. The van der Waals surface area contributed by atoms with E-state index in [1.807, 2.05) is 60.7 Å². The van der Waals surface area contributed by atoms with Crippen LogP contribution in [-0.4, -0.2) is 11.6 Å². The molecule has 1 heterocycles. The van der Waals surface area contributed by atoms with E-state index < -0.39 is 0 Å². The number of carbonyl (C=O) groups excluding carboxylic acids is 2. The Balaban J connectivity index is 0.00000616. The lowest BCUT2D eigenvalue weighted by Crippen LogP contribution is -2.32. The van der Waals surface area contributed by atoms with E-state index in [4.69, 9.17) is 0 Å². The van der Waals surface area contributed by atoms with Gasteiger partial charge in [-0.1, -0.05) is 145 Å². The Morgan fingerprint density at radius 2 is 0.929 bits per heavy atom. The van der Waals surface area contributed by atoms with Crippen LogP contribution in [0.25, 0.3) is 0 Å². The Morgan fingerprint density at radius 3 is 1.33 bits per heavy atom. The summed E-state index contributed by atoms with van der Waals surface area (Å²) in [5.74, 6) is 0.0114. The van der Waals surface area contributed by atoms with Crippen molar-refractivity contribution in [2.45, 2.75) is 122 Å². The van der Waals surface area contributed by atoms with Crippen LogP contribution in [0.2, 0.25) is 0 Å². The van der Waals surface area contributed by atoms with Crippen molar-refractivity contribution in [2.24, 2.45) is 0 Å². The molecule has 1 aromatic heterocycles. The zero-order valence-electron chi connectivity index (χ0n) is 25.9. The Hall–Kier alpha value is -2.34. The van der Waals surface area contributed by atoms with Crippen LogP contribution >= 0.6 is 24.0 Å². The Morgan fingerprint density at radius 1 is 0.548 bits per heavy atom. The highest BCUT2D eigenvalue weighted by atomic mass is 127. The van der Waals surface area contributed by atoms with Crippen LogP contribution in [0.4, 0.5) is 0 Å². The average Bonchev–Trinajstić information content (AvgIpc) is 3.02. The molecule has 0 aliphatic carbocycles. The van der Waals surface area contributed by atoms with Gasteiger partial charge in [0.2, 0.25) is 0 Å². The van der Waals surface area contributed by atoms with Crippen LogP contribution in [0, 0.1) is 0 Å². The summed E-state index contributed by atoms with van der Waals surface area (Å²) in [4.78, 5) is 26.1. The van der Waals surface area contributed by atoms with Crippen molar-refractivity contribution in [3.8, 4) is 0 Å². The molecule has 0 aliphatic heterocycles. The number of nitrogens with zero attached hydrogens (tertiary/aromatic N) is 1. The van der Waals surface area contributed by atoms with E-state index in [0.717, 1.165) is 12.1 Å². The summed E-state index contributed by atoms with van der Waals surface area (Å²) in [6.45, 7) is 3.29. The zero-order chi connectivity index (χ0) is 29.0. The molecular weight excluding hydrogens is 629 g/mol. The number of ketones is 2. The van der Waals surface area contributed by atoms with Gasteiger partial charge in [-0.05, 0) is 17.9 Å². The number of rotatable bonds is 22. The number of hydrogen-bond acceptors (Lipinski definition) is 2. The topological polar surface area (TPSA) is 38.0 Å². The van der Waals surface area contributed by atoms with E-state index in [0.29, 0.717) is 24.0 Å². The van der Waals surface area contributed by atoms with Crippen molar-refractivity contribution >= 4 is 35.5 Å². The first-order valence-corrected chi connectivity index (χ1v) is 16.3. The summed E-state index contributed by atoms with van der Waals surface area (Å²) in [7, 11) is 0. The van der Waals surface area contributed by atoms with Crippen LogP contribution in [0.3, 0.4) is 0 Å². The minimum Gasteiger partial charge on any atom is -0.294 e. The molecule has 0 spiro atoms. The van der Waals surface area contributed by atoms with Crippen molar-refractivity contribution in [3.05, 3.63) is 102 Å². The SMILES string of the molecule is CCCCCCCCCCCCCCCC[n+]1ccc(C(CC(=O)c2ccccc2)CC(=O)c2ccccc2)cc1.I. The quantitative estimate of drug-likeness (QED) is 0.0458. The number of Topliss-reactive ketones (excluding diaryl/α,β-unsaturated/α-hetero) is 2. The normalized spacial score (nSPS) is 10.9. The van der Waals surface area contributed by atoms with E-state index in [-0.39, 0.29) is 41.5 Å². The van der Waals surface area contributed by atoms with Gasteiger partial charge in [-0.2, -0.15) is 0 Å². The minimum atomic E-state index is -0.147. The second kappa shape index (κ2) is 22.2. The van der Waals surface area contributed by atoms with E-state index in [9.17, 15) is 9.59 Å². The van der Waals surface area contributed by atoms with Gasteiger partial charge < -0.3 is 0 Å². The van der Waals surface area contributed by atoms with Crippen LogP contribution in [-0.2, 0) is 6.54 Å².